The van der Waals surface area contributed by atoms with Crippen LogP contribution in [0.5, 0.6) is 5.88 Å². The standard InChI is InChI=1S/C22H22F5N3O4/c1-21(2,24)10-30(15-7-11(22(25,26)27)5-6-14(15)23)16-9-28-17(19(29-16)33-3)18(31)12-8-13(12)20(32)34-4/h5-7,9,12-13H,8,10H2,1-4H3. The summed E-state index contributed by atoms with van der Waals surface area (Å²) in [7, 11) is 2.38. The number of aromatic nitrogens is 2. The van der Waals surface area contributed by atoms with E-state index in [0.29, 0.717) is 18.2 Å². The van der Waals surface area contributed by atoms with E-state index in [4.69, 9.17) is 4.74 Å². The van der Waals surface area contributed by atoms with Gasteiger partial charge in [0.15, 0.2) is 17.3 Å². The first-order valence-corrected chi connectivity index (χ1v) is 10.1. The number of nitrogens with zero attached hydrogens (tertiary/aromatic N) is 3. The zero-order valence-corrected chi connectivity index (χ0v) is 18.7. The highest BCUT2D eigenvalue weighted by atomic mass is 19.4. The van der Waals surface area contributed by atoms with Crippen molar-refractivity contribution in [2.24, 2.45) is 11.8 Å². The summed E-state index contributed by atoms with van der Waals surface area (Å²) in [6, 6.07) is 1.73. The maximum atomic E-state index is 14.6. The van der Waals surface area contributed by atoms with Crippen molar-refractivity contribution in [2.75, 3.05) is 25.7 Å². The van der Waals surface area contributed by atoms with Gasteiger partial charge in [-0.2, -0.15) is 18.2 Å². The molecule has 1 heterocycles. The van der Waals surface area contributed by atoms with Crippen molar-refractivity contribution in [3.05, 3.63) is 41.5 Å². The van der Waals surface area contributed by atoms with E-state index in [1.165, 1.54) is 14.2 Å². The predicted molar refractivity (Wildman–Crippen MR) is 110 cm³/mol. The molecule has 2 unspecified atom stereocenters. The Balaban J connectivity index is 2.03. The number of carbonyl (C=O) groups excluding carboxylic acids is 2. The third kappa shape index (κ3) is 5.42. The summed E-state index contributed by atoms with van der Waals surface area (Å²) in [6.45, 7) is 1.74. The molecule has 0 spiro atoms. The van der Waals surface area contributed by atoms with Gasteiger partial charge in [-0.15, -0.1) is 0 Å². The van der Waals surface area contributed by atoms with Crippen LogP contribution >= 0.6 is 0 Å². The highest BCUT2D eigenvalue weighted by Crippen LogP contribution is 2.43. The van der Waals surface area contributed by atoms with Crippen molar-refractivity contribution in [1.29, 1.82) is 0 Å². The van der Waals surface area contributed by atoms with Gasteiger partial charge in [0.1, 0.15) is 11.5 Å². The van der Waals surface area contributed by atoms with E-state index < -0.39 is 59.0 Å². The summed E-state index contributed by atoms with van der Waals surface area (Å²) < 4.78 is 78.6. The van der Waals surface area contributed by atoms with Crippen molar-refractivity contribution in [3.8, 4) is 5.88 Å². The summed E-state index contributed by atoms with van der Waals surface area (Å²) in [6.07, 6.45) is -3.49. The van der Waals surface area contributed by atoms with Gasteiger partial charge in [-0.05, 0) is 38.5 Å². The molecule has 0 amide bonds. The Morgan fingerprint density at radius 1 is 1.15 bits per heavy atom. The molecule has 3 rings (SSSR count). The lowest BCUT2D eigenvalue weighted by Gasteiger charge is -2.29. The van der Waals surface area contributed by atoms with Gasteiger partial charge in [0.25, 0.3) is 0 Å². The fourth-order valence-corrected chi connectivity index (χ4v) is 3.44. The van der Waals surface area contributed by atoms with Crippen LogP contribution in [0, 0.1) is 17.7 Å². The van der Waals surface area contributed by atoms with E-state index in [-0.39, 0.29) is 23.8 Å². The number of anilines is 2. The molecule has 1 aliphatic rings. The molecule has 34 heavy (non-hydrogen) atoms. The summed E-state index contributed by atoms with van der Waals surface area (Å²) in [5, 5.41) is 0. The lowest BCUT2D eigenvalue weighted by molar-refractivity contribution is -0.142. The van der Waals surface area contributed by atoms with Crippen molar-refractivity contribution in [1.82, 2.24) is 9.97 Å². The van der Waals surface area contributed by atoms with Crippen LogP contribution in [-0.2, 0) is 15.7 Å². The smallest absolute Gasteiger partial charge is 0.416 e. The summed E-state index contributed by atoms with van der Waals surface area (Å²) in [4.78, 5) is 33.4. The molecule has 1 aromatic heterocycles. The summed E-state index contributed by atoms with van der Waals surface area (Å²) in [5.74, 6) is -3.95. The number of hydrogen-bond acceptors (Lipinski definition) is 7. The minimum Gasteiger partial charge on any atom is -0.479 e. The molecule has 0 saturated heterocycles. The van der Waals surface area contributed by atoms with E-state index in [1.807, 2.05) is 0 Å². The summed E-state index contributed by atoms with van der Waals surface area (Å²) >= 11 is 0. The van der Waals surface area contributed by atoms with Crippen molar-refractivity contribution < 1.29 is 41.0 Å². The number of halogens is 5. The molecule has 1 aromatic carbocycles. The third-order valence-corrected chi connectivity index (χ3v) is 5.16. The molecule has 0 bridgehead atoms. The number of alkyl halides is 4. The third-order valence-electron chi connectivity index (χ3n) is 5.16. The lowest BCUT2D eigenvalue weighted by atomic mass is 10.1. The number of ketones is 1. The van der Waals surface area contributed by atoms with Crippen LogP contribution in [0.2, 0.25) is 0 Å². The average Bonchev–Trinajstić information content (AvgIpc) is 3.56. The molecule has 2 aromatic rings. The van der Waals surface area contributed by atoms with E-state index in [2.05, 4.69) is 14.7 Å². The van der Waals surface area contributed by atoms with E-state index >= 15 is 0 Å². The van der Waals surface area contributed by atoms with Gasteiger partial charge in [0, 0.05) is 5.92 Å². The first-order valence-electron chi connectivity index (χ1n) is 10.1. The van der Waals surface area contributed by atoms with Crippen LogP contribution < -0.4 is 9.64 Å². The van der Waals surface area contributed by atoms with Gasteiger partial charge in [-0.25, -0.2) is 13.8 Å². The van der Waals surface area contributed by atoms with E-state index in [9.17, 15) is 31.5 Å². The molecule has 0 N–H and O–H groups in total. The number of benzene rings is 1. The number of hydrogen-bond donors (Lipinski definition) is 0. The Hall–Kier alpha value is -3.31. The SMILES string of the molecule is COC(=O)C1CC1C(=O)c1ncc(N(CC(C)(C)F)c2cc(C(F)(F)F)ccc2F)nc1OC. The lowest BCUT2D eigenvalue weighted by Crippen LogP contribution is -2.34. The Morgan fingerprint density at radius 2 is 1.82 bits per heavy atom. The molecule has 1 fully saturated rings. The highest BCUT2D eigenvalue weighted by molar-refractivity contribution is 6.03. The van der Waals surface area contributed by atoms with Gasteiger partial charge in [-0.1, -0.05) is 0 Å². The zero-order chi connectivity index (χ0) is 25.4. The number of methoxy groups -OCH3 is 2. The quantitative estimate of drug-likeness (QED) is 0.308. The highest BCUT2D eigenvalue weighted by Gasteiger charge is 2.50. The van der Waals surface area contributed by atoms with Crippen LogP contribution in [-0.4, -0.2) is 48.2 Å². The Bertz CT molecular complexity index is 1100. The fourth-order valence-electron chi connectivity index (χ4n) is 3.44. The zero-order valence-electron chi connectivity index (χ0n) is 18.7. The van der Waals surface area contributed by atoms with Gasteiger partial charge in [0.05, 0.1) is 44.1 Å². The molecule has 7 nitrogen and oxygen atoms in total. The van der Waals surface area contributed by atoms with E-state index in [0.717, 1.165) is 24.9 Å². The summed E-state index contributed by atoms with van der Waals surface area (Å²) in [5.41, 5.74) is -3.92. The maximum absolute atomic E-state index is 14.6. The second-order valence-corrected chi connectivity index (χ2v) is 8.39. The fraction of sp³-hybridized carbons (Fsp3) is 0.455. The molecular formula is C22H22F5N3O4. The largest absolute Gasteiger partial charge is 0.479 e. The van der Waals surface area contributed by atoms with Crippen LogP contribution in [0.25, 0.3) is 0 Å². The van der Waals surface area contributed by atoms with Gasteiger partial charge >= 0.3 is 12.1 Å². The molecule has 184 valence electrons. The molecular weight excluding hydrogens is 465 g/mol. The number of carbonyl (C=O) groups is 2. The Labute approximate surface area is 191 Å². The average molecular weight is 487 g/mol. The molecule has 0 radical (unpaired) electrons. The van der Waals surface area contributed by atoms with Crippen LogP contribution in [0.15, 0.2) is 24.4 Å². The molecule has 12 heteroatoms. The molecule has 1 aliphatic carbocycles. The topological polar surface area (TPSA) is 81.6 Å². The second kappa shape index (κ2) is 9.15. The minimum absolute atomic E-state index is 0.216. The van der Waals surface area contributed by atoms with Crippen molar-refractivity contribution in [3.63, 3.8) is 0 Å². The van der Waals surface area contributed by atoms with Crippen molar-refractivity contribution >= 4 is 23.3 Å². The number of esters is 1. The normalized spacial score (nSPS) is 17.8. The van der Waals surface area contributed by atoms with Gasteiger partial charge < -0.3 is 14.4 Å². The molecule has 2 atom stereocenters. The van der Waals surface area contributed by atoms with Crippen LogP contribution in [0.1, 0.15) is 36.3 Å². The Kier molecular flexibility index (Phi) is 6.81. The monoisotopic (exact) mass is 487 g/mol. The van der Waals surface area contributed by atoms with Crippen molar-refractivity contribution in [2.45, 2.75) is 32.1 Å². The number of Topliss-reactive ketones (excluding diaryl/α,β-unsaturated/α-hetero) is 1. The molecule has 0 aliphatic heterocycles. The molecule has 1 saturated carbocycles. The maximum Gasteiger partial charge on any atom is 0.416 e. The van der Waals surface area contributed by atoms with Crippen LogP contribution in [0.3, 0.4) is 0 Å². The Morgan fingerprint density at radius 3 is 2.38 bits per heavy atom. The second-order valence-electron chi connectivity index (χ2n) is 8.39. The van der Waals surface area contributed by atoms with E-state index in [1.54, 1.807) is 0 Å². The first kappa shape index (κ1) is 25.3. The van der Waals surface area contributed by atoms with Gasteiger partial charge in [-0.3, -0.25) is 9.59 Å². The number of rotatable bonds is 8. The van der Waals surface area contributed by atoms with Crippen LogP contribution in [0.4, 0.5) is 33.5 Å². The first-order chi connectivity index (χ1) is 15.8. The minimum atomic E-state index is -4.76. The predicted octanol–water partition coefficient (Wildman–Crippen LogP) is 4.52. The van der Waals surface area contributed by atoms with Gasteiger partial charge in [0.2, 0.25) is 5.88 Å². The number of ether oxygens (including phenoxy) is 2.